The SMILES string of the molecule is CC1CC(C)CN(C(=O)CN2CCN(C(=O)C(N)Cc3ccccc3)CC2)C1. The Labute approximate surface area is 168 Å². The maximum atomic E-state index is 12.7. The normalized spacial score (nSPS) is 24.8. The summed E-state index contributed by atoms with van der Waals surface area (Å²) < 4.78 is 0. The van der Waals surface area contributed by atoms with Gasteiger partial charge in [0.2, 0.25) is 11.8 Å². The Balaban J connectivity index is 1.43. The summed E-state index contributed by atoms with van der Waals surface area (Å²) in [6.45, 7) is 9.38. The van der Waals surface area contributed by atoms with Crippen LogP contribution in [-0.4, -0.2) is 78.4 Å². The molecule has 0 spiro atoms. The number of benzene rings is 1. The standard InChI is InChI=1S/C22H34N4O2/c1-17-12-18(2)15-26(14-17)21(27)16-24-8-10-25(11-9-24)22(28)20(23)13-19-6-4-3-5-7-19/h3-7,17-18,20H,8-16,23H2,1-2H3. The molecule has 3 atom stereocenters. The van der Waals surface area contributed by atoms with Gasteiger partial charge in [0.1, 0.15) is 0 Å². The summed E-state index contributed by atoms with van der Waals surface area (Å²) in [5, 5.41) is 0. The highest BCUT2D eigenvalue weighted by molar-refractivity contribution is 5.82. The number of carbonyl (C=O) groups excluding carboxylic acids is 2. The van der Waals surface area contributed by atoms with Gasteiger partial charge in [-0.3, -0.25) is 14.5 Å². The van der Waals surface area contributed by atoms with Gasteiger partial charge in [-0.25, -0.2) is 0 Å². The van der Waals surface area contributed by atoms with E-state index in [4.69, 9.17) is 5.73 Å². The van der Waals surface area contributed by atoms with Crippen molar-refractivity contribution in [1.82, 2.24) is 14.7 Å². The van der Waals surface area contributed by atoms with Crippen LogP contribution in [0.4, 0.5) is 0 Å². The molecule has 2 N–H and O–H groups in total. The number of likely N-dealkylation sites (tertiary alicyclic amines) is 1. The molecule has 0 saturated carbocycles. The lowest BCUT2D eigenvalue weighted by Crippen LogP contribution is -2.55. The molecule has 3 rings (SSSR count). The highest BCUT2D eigenvalue weighted by atomic mass is 16.2. The van der Waals surface area contributed by atoms with Gasteiger partial charge in [0.15, 0.2) is 0 Å². The number of hydrogen-bond acceptors (Lipinski definition) is 4. The molecule has 0 aromatic heterocycles. The monoisotopic (exact) mass is 386 g/mol. The number of carbonyl (C=O) groups is 2. The molecule has 28 heavy (non-hydrogen) atoms. The molecule has 2 aliphatic heterocycles. The first-order valence-corrected chi connectivity index (χ1v) is 10.5. The fourth-order valence-corrected chi connectivity index (χ4v) is 4.47. The first-order chi connectivity index (χ1) is 13.4. The summed E-state index contributed by atoms with van der Waals surface area (Å²) >= 11 is 0. The summed E-state index contributed by atoms with van der Waals surface area (Å²) in [5.74, 6) is 1.38. The summed E-state index contributed by atoms with van der Waals surface area (Å²) in [6, 6.07) is 9.38. The van der Waals surface area contributed by atoms with E-state index in [2.05, 4.69) is 18.7 Å². The molecule has 2 amide bonds. The van der Waals surface area contributed by atoms with Crippen LogP contribution in [0, 0.1) is 11.8 Å². The first kappa shape index (κ1) is 20.8. The molecule has 1 aromatic rings. The number of nitrogens with two attached hydrogens (primary N) is 1. The van der Waals surface area contributed by atoms with Gasteiger partial charge in [0, 0.05) is 39.3 Å². The van der Waals surface area contributed by atoms with Gasteiger partial charge in [-0.15, -0.1) is 0 Å². The summed E-state index contributed by atoms with van der Waals surface area (Å²) in [7, 11) is 0. The highest BCUT2D eigenvalue weighted by Gasteiger charge is 2.29. The van der Waals surface area contributed by atoms with Crippen molar-refractivity contribution in [1.29, 1.82) is 0 Å². The van der Waals surface area contributed by atoms with E-state index in [0.29, 0.717) is 37.9 Å². The molecule has 154 valence electrons. The van der Waals surface area contributed by atoms with Crippen molar-refractivity contribution in [3.63, 3.8) is 0 Å². The highest BCUT2D eigenvalue weighted by Crippen LogP contribution is 2.21. The predicted octanol–water partition coefficient (Wildman–Crippen LogP) is 1.21. The topological polar surface area (TPSA) is 69.9 Å². The number of amides is 2. The largest absolute Gasteiger partial charge is 0.341 e. The van der Waals surface area contributed by atoms with Gasteiger partial charge < -0.3 is 15.5 Å². The van der Waals surface area contributed by atoms with E-state index >= 15 is 0 Å². The van der Waals surface area contributed by atoms with Crippen LogP contribution in [0.1, 0.15) is 25.8 Å². The Morgan fingerprint density at radius 1 is 1.00 bits per heavy atom. The number of rotatable bonds is 5. The molecule has 2 saturated heterocycles. The third kappa shape index (κ3) is 5.55. The van der Waals surface area contributed by atoms with Gasteiger partial charge in [-0.2, -0.15) is 0 Å². The quantitative estimate of drug-likeness (QED) is 0.826. The summed E-state index contributed by atoms with van der Waals surface area (Å²) in [4.78, 5) is 31.4. The maximum Gasteiger partial charge on any atom is 0.239 e. The second kappa shape index (κ2) is 9.52. The molecule has 0 aliphatic carbocycles. The zero-order chi connectivity index (χ0) is 20.1. The number of nitrogens with zero attached hydrogens (tertiary/aromatic N) is 3. The van der Waals surface area contributed by atoms with Crippen molar-refractivity contribution in [2.45, 2.75) is 32.7 Å². The molecule has 0 radical (unpaired) electrons. The van der Waals surface area contributed by atoms with E-state index in [-0.39, 0.29) is 11.8 Å². The lowest BCUT2D eigenvalue weighted by atomic mass is 9.92. The van der Waals surface area contributed by atoms with Crippen LogP contribution >= 0.6 is 0 Å². The Morgan fingerprint density at radius 2 is 1.61 bits per heavy atom. The summed E-state index contributed by atoms with van der Waals surface area (Å²) in [6.07, 6.45) is 1.76. The minimum Gasteiger partial charge on any atom is -0.341 e. The third-order valence-corrected chi connectivity index (χ3v) is 5.88. The van der Waals surface area contributed by atoms with E-state index < -0.39 is 6.04 Å². The smallest absolute Gasteiger partial charge is 0.239 e. The van der Waals surface area contributed by atoms with Crippen LogP contribution in [0.5, 0.6) is 0 Å². The lowest BCUT2D eigenvalue weighted by Gasteiger charge is -2.38. The molecular weight excluding hydrogens is 352 g/mol. The molecule has 6 nitrogen and oxygen atoms in total. The number of hydrogen-bond donors (Lipinski definition) is 1. The van der Waals surface area contributed by atoms with Crippen molar-refractivity contribution >= 4 is 11.8 Å². The van der Waals surface area contributed by atoms with Crippen LogP contribution in [0.15, 0.2) is 30.3 Å². The molecule has 2 aliphatic rings. The zero-order valence-electron chi connectivity index (χ0n) is 17.2. The van der Waals surface area contributed by atoms with Crippen molar-refractivity contribution in [3.05, 3.63) is 35.9 Å². The fourth-order valence-electron chi connectivity index (χ4n) is 4.47. The van der Waals surface area contributed by atoms with E-state index in [1.807, 2.05) is 40.1 Å². The second-order valence-electron chi connectivity index (χ2n) is 8.64. The number of piperazine rings is 1. The number of piperidine rings is 1. The van der Waals surface area contributed by atoms with Crippen molar-refractivity contribution in [2.75, 3.05) is 45.8 Å². The predicted molar refractivity (Wildman–Crippen MR) is 111 cm³/mol. The van der Waals surface area contributed by atoms with E-state index in [1.165, 1.54) is 6.42 Å². The van der Waals surface area contributed by atoms with Crippen LogP contribution in [0.2, 0.25) is 0 Å². The second-order valence-corrected chi connectivity index (χ2v) is 8.64. The Kier molecular flexibility index (Phi) is 7.08. The minimum atomic E-state index is -0.507. The molecular formula is C22H34N4O2. The van der Waals surface area contributed by atoms with Gasteiger partial charge >= 0.3 is 0 Å². The lowest BCUT2D eigenvalue weighted by molar-refractivity contribution is -0.137. The molecule has 2 fully saturated rings. The molecule has 2 heterocycles. The van der Waals surface area contributed by atoms with Gasteiger partial charge in [0.25, 0.3) is 0 Å². The molecule has 0 bridgehead atoms. The van der Waals surface area contributed by atoms with Crippen molar-refractivity contribution < 1.29 is 9.59 Å². The third-order valence-electron chi connectivity index (χ3n) is 5.88. The van der Waals surface area contributed by atoms with Gasteiger partial charge in [-0.05, 0) is 30.2 Å². The minimum absolute atomic E-state index is 0.00788. The van der Waals surface area contributed by atoms with Gasteiger partial charge in [0.05, 0.1) is 12.6 Å². The van der Waals surface area contributed by atoms with Crippen LogP contribution < -0.4 is 5.73 Å². The Hall–Kier alpha value is -1.92. The Bertz CT molecular complexity index is 648. The van der Waals surface area contributed by atoms with E-state index in [0.717, 1.165) is 31.7 Å². The fraction of sp³-hybridized carbons (Fsp3) is 0.636. The first-order valence-electron chi connectivity index (χ1n) is 10.5. The molecule has 3 unspecified atom stereocenters. The Morgan fingerprint density at radius 3 is 2.21 bits per heavy atom. The average Bonchev–Trinajstić information content (AvgIpc) is 2.68. The zero-order valence-corrected chi connectivity index (χ0v) is 17.2. The van der Waals surface area contributed by atoms with Crippen molar-refractivity contribution in [3.8, 4) is 0 Å². The van der Waals surface area contributed by atoms with E-state index in [1.54, 1.807) is 0 Å². The average molecular weight is 387 g/mol. The molecule has 6 heteroatoms. The van der Waals surface area contributed by atoms with Gasteiger partial charge in [-0.1, -0.05) is 44.2 Å². The molecule has 1 aromatic carbocycles. The van der Waals surface area contributed by atoms with Crippen LogP contribution in [0.3, 0.4) is 0 Å². The van der Waals surface area contributed by atoms with Crippen molar-refractivity contribution in [2.24, 2.45) is 17.6 Å². The van der Waals surface area contributed by atoms with Crippen LogP contribution in [0.25, 0.3) is 0 Å². The maximum absolute atomic E-state index is 12.7. The van der Waals surface area contributed by atoms with E-state index in [9.17, 15) is 9.59 Å². The van der Waals surface area contributed by atoms with Crippen LogP contribution in [-0.2, 0) is 16.0 Å². The summed E-state index contributed by atoms with van der Waals surface area (Å²) in [5.41, 5.74) is 7.23.